The maximum absolute atomic E-state index is 13.7. The standard InChI is InChI=1S/C14H18FNO3/c1-16(9-12-3-2-6-19-12)8-11-7-10(14(17)18)4-5-13(11)15/h4-5,7,12H,2-3,6,8-9H2,1H3,(H,17,18). The van der Waals surface area contributed by atoms with Gasteiger partial charge in [-0.05, 0) is 38.1 Å². The van der Waals surface area contributed by atoms with E-state index in [2.05, 4.69) is 0 Å². The van der Waals surface area contributed by atoms with Crippen molar-refractivity contribution in [3.63, 3.8) is 0 Å². The Morgan fingerprint density at radius 3 is 3.00 bits per heavy atom. The molecule has 1 N–H and O–H groups in total. The summed E-state index contributed by atoms with van der Waals surface area (Å²) in [4.78, 5) is 12.8. The number of hydrogen-bond donors (Lipinski definition) is 1. The van der Waals surface area contributed by atoms with Gasteiger partial charge in [0.2, 0.25) is 0 Å². The third kappa shape index (κ3) is 3.75. The van der Waals surface area contributed by atoms with Crippen LogP contribution < -0.4 is 0 Å². The van der Waals surface area contributed by atoms with Gasteiger partial charge in [0.1, 0.15) is 5.82 Å². The summed E-state index contributed by atoms with van der Waals surface area (Å²) in [6.07, 6.45) is 2.30. The first-order valence-corrected chi connectivity index (χ1v) is 6.38. The van der Waals surface area contributed by atoms with Crippen molar-refractivity contribution in [2.45, 2.75) is 25.5 Å². The molecule has 104 valence electrons. The normalized spacial score (nSPS) is 19.0. The summed E-state index contributed by atoms with van der Waals surface area (Å²) in [6, 6.07) is 3.88. The largest absolute Gasteiger partial charge is 0.478 e. The fourth-order valence-corrected chi connectivity index (χ4v) is 2.32. The number of carboxylic acid groups (broad SMARTS) is 1. The van der Waals surface area contributed by atoms with Gasteiger partial charge in [-0.1, -0.05) is 0 Å². The molecule has 1 fully saturated rings. The number of benzene rings is 1. The van der Waals surface area contributed by atoms with E-state index in [9.17, 15) is 9.18 Å². The molecule has 1 atom stereocenters. The van der Waals surface area contributed by atoms with Crippen molar-refractivity contribution in [3.8, 4) is 0 Å². The summed E-state index contributed by atoms with van der Waals surface area (Å²) in [5, 5.41) is 8.91. The quantitative estimate of drug-likeness (QED) is 0.888. The topological polar surface area (TPSA) is 49.8 Å². The lowest BCUT2D eigenvalue weighted by Gasteiger charge is -2.20. The molecule has 1 aliphatic rings. The minimum Gasteiger partial charge on any atom is -0.478 e. The number of halogens is 1. The molecule has 0 amide bonds. The van der Waals surface area contributed by atoms with Crippen LogP contribution in [0.15, 0.2) is 18.2 Å². The molecule has 0 spiro atoms. The number of hydrogen-bond acceptors (Lipinski definition) is 3. The van der Waals surface area contributed by atoms with Crippen molar-refractivity contribution in [2.75, 3.05) is 20.2 Å². The van der Waals surface area contributed by atoms with Crippen LogP contribution in [-0.2, 0) is 11.3 Å². The van der Waals surface area contributed by atoms with E-state index < -0.39 is 5.97 Å². The first-order chi connectivity index (χ1) is 9.06. The lowest BCUT2D eigenvalue weighted by Crippen LogP contribution is -2.28. The van der Waals surface area contributed by atoms with Crippen LogP contribution in [0.1, 0.15) is 28.8 Å². The van der Waals surface area contributed by atoms with Crippen LogP contribution in [-0.4, -0.2) is 42.3 Å². The number of likely N-dealkylation sites (N-methyl/N-ethyl adjacent to an activating group) is 1. The molecule has 5 heteroatoms. The second-order valence-corrected chi connectivity index (χ2v) is 4.94. The van der Waals surface area contributed by atoms with E-state index >= 15 is 0 Å². The number of carboxylic acids is 1. The van der Waals surface area contributed by atoms with E-state index in [0.717, 1.165) is 26.0 Å². The van der Waals surface area contributed by atoms with Gasteiger partial charge in [-0.15, -0.1) is 0 Å². The Morgan fingerprint density at radius 2 is 2.37 bits per heavy atom. The predicted octanol–water partition coefficient (Wildman–Crippen LogP) is 2.13. The number of rotatable bonds is 5. The molecule has 1 unspecified atom stereocenters. The fraction of sp³-hybridized carbons (Fsp3) is 0.500. The molecule has 0 aliphatic carbocycles. The molecule has 0 bridgehead atoms. The molecule has 1 heterocycles. The third-order valence-electron chi connectivity index (χ3n) is 3.27. The molecule has 2 rings (SSSR count). The summed E-state index contributed by atoms with van der Waals surface area (Å²) < 4.78 is 19.2. The van der Waals surface area contributed by atoms with Crippen molar-refractivity contribution < 1.29 is 19.0 Å². The summed E-state index contributed by atoms with van der Waals surface area (Å²) in [5.74, 6) is -1.41. The lowest BCUT2D eigenvalue weighted by molar-refractivity contribution is 0.0695. The maximum Gasteiger partial charge on any atom is 0.335 e. The van der Waals surface area contributed by atoms with Gasteiger partial charge < -0.3 is 9.84 Å². The predicted molar refractivity (Wildman–Crippen MR) is 68.7 cm³/mol. The van der Waals surface area contributed by atoms with E-state index in [1.807, 2.05) is 11.9 Å². The Hall–Kier alpha value is -1.46. The van der Waals surface area contributed by atoms with Crippen LogP contribution >= 0.6 is 0 Å². The highest BCUT2D eigenvalue weighted by Crippen LogP contribution is 2.16. The van der Waals surface area contributed by atoms with Crippen LogP contribution in [0, 0.1) is 5.82 Å². The monoisotopic (exact) mass is 267 g/mol. The first-order valence-electron chi connectivity index (χ1n) is 6.38. The van der Waals surface area contributed by atoms with Crippen LogP contribution in [0.2, 0.25) is 0 Å². The minimum atomic E-state index is -1.04. The molecule has 0 aromatic heterocycles. The Kier molecular flexibility index (Phi) is 4.50. The Balaban J connectivity index is 2.00. The number of ether oxygens (including phenoxy) is 1. The van der Waals surface area contributed by atoms with E-state index in [1.165, 1.54) is 18.2 Å². The average molecular weight is 267 g/mol. The second kappa shape index (κ2) is 6.12. The molecule has 4 nitrogen and oxygen atoms in total. The highest BCUT2D eigenvalue weighted by atomic mass is 19.1. The van der Waals surface area contributed by atoms with Gasteiger partial charge in [-0.2, -0.15) is 0 Å². The van der Waals surface area contributed by atoms with E-state index in [4.69, 9.17) is 9.84 Å². The van der Waals surface area contributed by atoms with E-state index in [1.54, 1.807) is 0 Å². The third-order valence-corrected chi connectivity index (χ3v) is 3.27. The summed E-state index contributed by atoms with van der Waals surface area (Å²) in [7, 11) is 1.88. The van der Waals surface area contributed by atoms with E-state index in [-0.39, 0.29) is 17.5 Å². The molecular formula is C14H18FNO3. The van der Waals surface area contributed by atoms with Crippen LogP contribution in [0.3, 0.4) is 0 Å². The summed E-state index contributed by atoms with van der Waals surface area (Å²) in [5.41, 5.74) is 0.516. The minimum absolute atomic E-state index is 0.113. The summed E-state index contributed by atoms with van der Waals surface area (Å²) >= 11 is 0. The van der Waals surface area contributed by atoms with Gasteiger partial charge in [0.05, 0.1) is 11.7 Å². The molecule has 1 saturated heterocycles. The zero-order valence-corrected chi connectivity index (χ0v) is 10.9. The second-order valence-electron chi connectivity index (χ2n) is 4.94. The van der Waals surface area contributed by atoms with Gasteiger partial charge in [0.25, 0.3) is 0 Å². The van der Waals surface area contributed by atoms with Crippen molar-refractivity contribution in [2.24, 2.45) is 0 Å². The molecule has 1 aromatic rings. The molecule has 19 heavy (non-hydrogen) atoms. The molecule has 1 aliphatic heterocycles. The molecule has 0 saturated carbocycles. The van der Waals surface area contributed by atoms with Gasteiger partial charge in [-0.25, -0.2) is 9.18 Å². The molecule has 1 aromatic carbocycles. The maximum atomic E-state index is 13.7. The summed E-state index contributed by atoms with van der Waals surface area (Å²) in [6.45, 7) is 1.91. The van der Waals surface area contributed by atoms with Crippen molar-refractivity contribution in [1.29, 1.82) is 0 Å². The van der Waals surface area contributed by atoms with Crippen LogP contribution in [0.4, 0.5) is 4.39 Å². The smallest absolute Gasteiger partial charge is 0.335 e. The zero-order chi connectivity index (χ0) is 13.8. The van der Waals surface area contributed by atoms with Gasteiger partial charge in [0, 0.05) is 25.3 Å². The van der Waals surface area contributed by atoms with Gasteiger partial charge >= 0.3 is 5.97 Å². The van der Waals surface area contributed by atoms with E-state index in [0.29, 0.717) is 12.1 Å². The SMILES string of the molecule is CN(Cc1cc(C(=O)O)ccc1F)CC1CCCO1. The van der Waals surface area contributed by atoms with Crippen molar-refractivity contribution in [1.82, 2.24) is 4.90 Å². The van der Waals surface area contributed by atoms with Gasteiger partial charge in [-0.3, -0.25) is 4.90 Å². The zero-order valence-electron chi connectivity index (χ0n) is 10.9. The number of aromatic carboxylic acids is 1. The van der Waals surface area contributed by atoms with Crippen LogP contribution in [0.25, 0.3) is 0 Å². The Morgan fingerprint density at radius 1 is 1.58 bits per heavy atom. The number of carbonyl (C=O) groups is 1. The molecular weight excluding hydrogens is 249 g/mol. The highest BCUT2D eigenvalue weighted by Gasteiger charge is 2.18. The van der Waals surface area contributed by atoms with Gasteiger partial charge in [0.15, 0.2) is 0 Å². The van der Waals surface area contributed by atoms with Crippen LogP contribution in [0.5, 0.6) is 0 Å². The highest BCUT2D eigenvalue weighted by molar-refractivity contribution is 5.87. The van der Waals surface area contributed by atoms with Crippen molar-refractivity contribution >= 4 is 5.97 Å². The average Bonchev–Trinajstić information content (AvgIpc) is 2.84. The van der Waals surface area contributed by atoms with Crippen molar-refractivity contribution in [3.05, 3.63) is 35.1 Å². The Bertz CT molecular complexity index is 458. The lowest BCUT2D eigenvalue weighted by atomic mass is 10.1. The molecule has 0 radical (unpaired) electrons. The Labute approximate surface area is 111 Å². The first kappa shape index (κ1) is 14.0. The number of nitrogens with zero attached hydrogens (tertiary/aromatic N) is 1. The fourth-order valence-electron chi connectivity index (χ4n) is 2.32.